The van der Waals surface area contributed by atoms with Crippen molar-refractivity contribution >= 4 is 29.0 Å². The molecule has 2 aromatic carbocycles. The van der Waals surface area contributed by atoms with Crippen molar-refractivity contribution < 1.29 is 14.7 Å². The minimum absolute atomic E-state index is 0.144. The predicted molar refractivity (Wildman–Crippen MR) is 127 cm³/mol. The third kappa shape index (κ3) is 3.29. The Labute approximate surface area is 192 Å². The fraction of sp³-hybridized carbons (Fsp3) is 0.407. The van der Waals surface area contributed by atoms with Gasteiger partial charge in [-0.15, -0.1) is 0 Å². The van der Waals surface area contributed by atoms with E-state index >= 15 is 0 Å². The van der Waals surface area contributed by atoms with E-state index in [1.807, 2.05) is 18.2 Å². The van der Waals surface area contributed by atoms with E-state index < -0.39 is 0 Å². The Hall–Kier alpha value is -2.53. The second-order valence-corrected chi connectivity index (χ2v) is 11.4. The molecule has 0 aromatic heterocycles. The Bertz CT molecular complexity index is 1130. The number of carbonyl (C=O) groups excluding carboxylic acids is 2. The van der Waals surface area contributed by atoms with Gasteiger partial charge in [0.25, 0.3) is 11.1 Å². The molecule has 5 fully saturated rings. The van der Waals surface area contributed by atoms with Crippen LogP contribution in [0.15, 0.2) is 41.3 Å². The van der Waals surface area contributed by atoms with E-state index in [1.54, 1.807) is 6.08 Å². The first-order valence-corrected chi connectivity index (χ1v) is 12.4. The highest BCUT2D eigenvalue weighted by Crippen LogP contribution is 2.62. The van der Waals surface area contributed by atoms with Crippen molar-refractivity contribution in [2.75, 3.05) is 0 Å². The molecule has 0 spiro atoms. The van der Waals surface area contributed by atoms with Gasteiger partial charge < -0.3 is 5.11 Å². The molecule has 0 unspecified atom stereocenters. The van der Waals surface area contributed by atoms with Crippen molar-refractivity contribution in [3.05, 3.63) is 58.0 Å². The summed E-state index contributed by atoms with van der Waals surface area (Å²) in [6.45, 7) is 2.06. The standard InChI is InChI=1S/C27H27NO3S/c1-15-6-23(29)22(27-12-17-7-18(13-27)9-19(8-17)14-27)11-21(15)20-4-2-16(3-5-20)10-24-25(30)28-26(31)32-24/h2-6,10-11,17-19,29H,7-9,12-14H2,1H3,(H,28,30,31). The van der Waals surface area contributed by atoms with Crippen LogP contribution < -0.4 is 5.32 Å². The van der Waals surface area contributed by atoms with Crippen molar-refractivity contribution in [3.8, 4) is 16.9 Å². The summed E-state index contributed by atoms with van der Waals surface area (Å²) >= 11 is 0.936. The monoisotopic (exact) mass is 445 g/mol. The zero-order valence-electron chi connectivity index (χ0n) is 18.2. The number of amides is 2. The maximum atomic E-state index is 11.8. The quantitative estimate of drug-likeness (QED) is 0.555. The lowest BCUT2D eigenvalue weighted by molar-refractivity contribution is -0.115. The number of phenols is 1. The van der Waals surface area contributed by atoms with Crippen LogP contribution in [0.2, 0.25) is 0 Å². The van der Waals surface area contributed by atoms with E-state index in [-0.39, 0.29) is 16.6 Å². The average Bonchev–Trinajstić information content (AvgIpc) is 3.04. The highest BCUT2D eigenvalue weighted by molar-refractivity contribution is 8.18. The van der Waals surface area contributed by atoms with Gasteiger partial charge >= 0.3 is 0 Å². The van der Waals surface area contributed by atoms with Crippen LogP contribution in [-0.4, -0.2) is 16.3 Å². The summed E-state index contributed by atoms with van der Waals surface area (Å²) < 4.78 is 0. The highest BCUT2D eigenvalue weighted by Gasteiger charge is 2.52. The number of rotatable bonds is 3. The maximum absolute atomic E-state index is 11.8. The fourth-order valence-electron chi connectivity index (χ4n) is 7.20. The third-order valence-electron chi connectivity index (χ3n) is 8.11. The zero-order valence-corrected chi connectivity index (χ0v) is 19.0. The van der Waals surface area contributed by atoms with E-state index in [1.165, 1.54) is 38.5 Å². The van der Waals surface area contributed by atoms with Crippen molar-refractivity contribution in [2.24, 2.45) is 17.8 Å². The molecule has 4 saturated carbocycles. The second kappa shape index (κ2) is 7.24. The molecule has 164 valence electrons. The summed E-state index contributed by atoms with van der Waals surface area (Å²) in [5.74, 6) is 2.61. The molecule has 7 rings (SSSR count). The van der Waals surface area contributed by atoms with Gasteiger partial charge in [0, 0.05) is 5.56 Å². The molecule has 2 N–H and O–H groups in total. The molecular weight excluding hydrogens is 418 g/mol. The summed E-state index contributed by atoms with van der Waals surface area (Å²) in [5, 5.41) is 13.0. The molecule has 4 bridgehead atoms. The largest absolute Gasteiger partial charge is 0.508 e. The molecule has 4 aliphatic carbocycles. The molecule has 32 heavy (non-hydrogen) atoms. The van der Waals surface area contributed by atoms with Crippen molar-refractivity contribution in [1.82, 2.24) is 5.32 Å². The van der Waals surface area contributed by atoms with Gasteiger partial charge in [-0.25, -0.2) is 0 Å². The fourth-order valence-corrected chi connectivity index (χ4v) is 7.88. The Kier molecular flexibility index (Phi) is 4.55. The number of aryl methyl sites for hydroxylation is 1. The number of benzene rings is 2. The number of carbonyl (C=O) groups is 2. The highest BCUT2D eigenvalue weighted by atomic mass is 32.2. The summed E-state index contributed by atoms with van der Waals surface area (Å²) in [7, 11) is 0. The molecule has 4 nitrogen and oxygen atoms in total. The third-order valence-corrected chi connectivity index (χ3v) is 8.92. The first kappa shape index (κ1) is 20.1. The number of aromatic hydroxyl groups is 1. The topological polar surface area (TPSA) is 66.4 Å². The molecule has 0 radical (unpaired) electrons. The molecule has 1 heterocycles. The van der Waals surface area contributed by atoms with Gasteiger partial charge in [-0.3, -0.25) is 14.9 Å². The van der Waals surface area contributed by atoms with E-state index in [0.717, 1.165) is 57.3 Å². The summed E-state index contributed by atoms with van der Waals surface area (Å²) in [6.07, 6.45) is 9.58. The molecule has 5 aliphatic rings. The molecule has 2 amide bonds. The van der Waals surface area contributed by atoms with E-state index in [2.05, 4.69) is 30.4 Å². The van der Waals surface area contributed by atoms with Crippen LogP contribution in [0.1, 0.15) is 55.2 Å². The van der Waals surface area contributed by atoms with Crippen LogP contribution in [0.4, 0.5) is 4.79 Å². The second-order valence-electron chi connectivity index (χ2n) is 10.4. The Morgan fingerprint density at radius 2 is 1.62 bits per heavy atom. The number of hydrogen-bond donors (Lipinski definition) is 2. The van der Waals surface area contributed by atoms with Crippen molar-refractivity contribution in [3.63, 3.8) is 0 Å². The minimum Gasteiger partial charge on any atom is -0.508 e. The van der Waals surface area contributed by atoms with Gasteiger partial charge in [-0.05, 0) is 121 Å². The Balaban J connectivity index is 1.34. The van der Waals surface area contributed by atoms with Crippen molar-refractivity contribution in [2.45, 2.75) is 50.9 Å². The van der Waals surface area contributed by atoms with Gasteiger partial charge in [-0.2, -0.15) is 0 Å². The van der Waals surface area contributed by atoms with Crippen LogP contribution in [0.5, 0.6) is 5.75 Å². The van der Waals surface area contributed by atoms with Crippen LogP contribution in [-0.2, 0) is 10.2 Å². The predicted octanol–water partition coefficient (Wildman–Crippen LogP) is 6.16. The lowest BCUT2D eigenvalue weighted by Gasteiger charge is -2.57. The minimum atomic E-state index is -0.335. The molecule has 1 aliphatic heterocycles. The zero-order chi connectivity index (χ0) is 22.0. The van der Waals surface area contributed by atoms with Crippen molar-refractivity contribution in [1.29, 1.82) is 0 Å². The number of thioether (sulfide) groups is 1. The van der Waals surface area contributed by atoms with Gasteiger partial charge in [0.05, 0.1) is 4.91 Å². The maximum Gasteiger partial charge on any atom is 0.290 e. The number of hydrogen-bond acceptors (Lipinski definition) is 4. The van der Waals surface area contributed by atoms with E-state index in [0.29, 0.717) is 10.7 Å². The van der Waals surface area contributed by atoms with Gasteiger partial charge in [0.15, 0.2) is 0 Å². The Morgan fingerprint density at radius 3 is 2.19 bits per heavy atom. The van der Waals surface area contributed by atoms with Crippen LogP contribution >= 0.6 is 11.8 Å². The molecule has 5 heteroatoms. The SMILES string of the molecule is Cc1cc(O)c(C23CC4CC(CC(C4)C2)C3)cc1-c1ccc(C=C2SC(=O)NC2=O)cc1. The number of nitrogens with one attached hydrogen (secondary N) is 1. The Morgan fingerprint density at radius 1 is 1.00 bits per heavy atom. The van der Waals surface area contributed by atoms with Gasteiger partial charge in [0.1, 0.15) is 5.75 Å². The summed E-state index contributed by atoms with van der Waals surface area (Å²) in [5.41, 5.74) is 5.52. The normalized spacial score (nSPS) is 32.0. The smallest absolute Gasteiger partial charge is 0.290 e. The summed E-state index contributed by atoms with van der Waals surface area (Å²) in [6, 6.07) is 12.3. The van der Waals surface area contributed by atoms with Crippen LogP contribution in [0.3, 0.4) is 0 Å². The first-order valence-electron chi connectivity index (χ1n) is 11.6. The lowest BCUT2D eigenvalue weighted by atomic mass is 9.48. The van der Waals surface area contributed by atoms with Crippen LogP contribution in [0.25, 0.3) is 17.2 Å². The van der Waals surface area contributed by atoms with E-state index in [4.69, 9.17) is 0 Å². The van der Waals surface area contributed by atoms with Gasteiger partial charge in [-0.1, -0.05) is 24.3 Å². The summed E-state index contributed by atoms with van der Waals surface area (Å²) in [4.78, 5) is 23.6. The molecule has 0 atom stereocenters. The van der Waals surface area contributed by atoms with Crippen LogP contribution in [0, 0.1) is 24.7 Å². The van der Waals surface area contributed by atoms with Gasteiger partial charge in [0.2, 0.25) is 0 Å². The molecular formula is C27H27NO3S. The average molecular weight is 446 g/mol. The lowest BCUT2D eigenvalue weighted by Crippen LogP contribution is -2.48. The number of imide groups is 1. The first-order chi connectivity index (χ1) is 15.4. The van der Waals surface area contributed by atoms with E-state index in [9.17, 15) is 14.7 Å². The number of phenolic OH excluding ortho intramolecular Hbond substituents is 1. The molecule has 1 saturated heterocycles. The molecule has 2 aromatic rings.